The highest BCUT2D eigenvalue weighted by Gasteiger charge is 2.10. The molecule has 0 fully saturated rings. The van der Waals surface area contributed by atoms with Crippen LogP contribution in [0.5, 0.6) is 0 Å². The Labute approximate surface area is 75.6 Å². The normalized spacial score (nSPS) is 23.7. The molecular formula is C11H19N. The van der Waals surface area contributed by atoms with Crippen molar-refractivity contribution in [2.75, 3.05) is 7.05 Å². The Morgan fingerprint density at radius 1 is 1.50 bits per heavy atom. The molecule has 0 unspecified atom stereocenters. The molecule has 1 aliphatic carbocycles. The molecule has 68 valence electrons. The summed E-state index contributed by atoms with van der Waals surface area (Å²) in [5.74, 6) is 1.53. The number of hydrogen-bond acceptors (Lipinski definition) is 1. The maximum atomic E-state index is 3.18. The van der Waals surface area contributed by atoms with Crippen molar-refractivity contribution < 1.29 is 0 Å². The Balaban J connectivity index is 2.58. The molecule has 12 heavy (non-hydrogen) atoms. The van der Waals surface area contributed by atoms with Gasteiger partial charge in [0, 0.05) is 12.7 Å². The third-order valence-electron chi connectivity index (χ3n) is 2.53. The first-order valence-corrected chi connectivity index (χ1v) is 4.80. The SMILES string of the molecule is CNC1=CCC[C@H](C(C)C)C=C1. The summed E-state index contributed by atoms with van der Waals surface area (Å²) in [6.45, 7) is 4.58. The van der Waals surface area contributed by atoms with Crippen LogP contribution in [0.2, 0.25) is 0 Å². The highest BCUT2D eigenvalue weighted by Crippen LogP contribution is 2.22. The Bertz CT molecular complexity index is 189. The number of nitrogens with one attached hydrogen (secondary N) is 1. The molecule has 0 saturated heterocycles. The Morgan fingerprint density at radius 3 is 2.83 bits per heavy atom. The molecule has 1 aliphatic rings. The van der Waals surface area contributed by atoms with Gasteiger partial charge in [-0.25, -0.2) is 0 Å². The van der Waals surface area contributed by atoms with Gasteiger partial charge in [0.15, 0.2) is 0 Å². The van der Waals surface area contributed by atoms with Crippen molar-refractivity contribution in [2.24, 2.45) is 11.8 Å². The fraction of sp³-hybridized carbons (Fsp3) is 0.636. The van der Waals surface area contributed by atoms with Crippen LogP contribution in [0.4, 0.5) is 0 Å². The molecule has 0 saturated carbocycles. The van der Waals surface area contributed by atoms with Crippen LogP contribution in [-0.2, 0) is 0 Å². The molecule has 0 bridgehead atoms. The smallest absolute Gasteiger partial charge is 0.0293 e. The van der Waals surface area contributed by atoms with Crippen LogP contribution in [0.15, 0.2) is 23.9 Å². The molecule has 0 amide bonds. The first-order valence-electron chi connectivity index (χ1n) is 4.80. The molecule has 1 rings (SSSR count). The van der Waals surface area contributed by atoms with Crippen molar-refractivity contribution in [2.45, 2.75) is 26.7 Å². The van der Waals surface area contributed by atoms with E-state index in [0.29, 0.717) is 0 Å². The first kappa shape index (κ1) is 9.37. The van der Waals surface area contributed by atoms with Crippen molar-refractivity contribution in [1.29, 1.82) is 0 Å². The third-order valence-corrected chi connectivity index (χ3v) is 2.53. The van der Waals surface area contributed by atoms with Crippen LogP contribution in [0.3, 0.4) is 0 Å². The van der Waals surface area contributed by atoms with Crippen LogP contribution < -0.4 is 5.32 Å². The van der Waals surface area contributed by atoms with Gasteiger partial charge in [-0.3, -0.25) is 0 Å². The van der Waals surface area contributed by atoms with Crippen LogP contribution in [0.1, 0.15) is 26.7 Å². The lowest BCUT2D eigenvalue weighted by atomic mass is 9.92. The molecule has 1 nitrogen and oxygen atoms in total. The highest BCUT2D eigenvalue weighted by atomic mass is 14.8. The Morgan fingerprint density at radius 2 is 2.25 bits per heavy atom. The first-order chi connectivity index (χ1) is 5.74. The van der Waals surface area contributed by atoms with Gasteiger partial charge in [0.1, 0.15) is 0 Å². The minimum Gasteiger partial charge on any atom is -0.388 e. The zero-order chi connectivity index (χ0) is 8.97. The van der Waals surface area contributed by atoms with Crippen LogP contribution in [0.25, 0.3) is 0 Å². The molecule has 0 aromatic heterocycles. The van der Waals surface area contributed by atoms with Gasteiger partial charge >= 0.3 is 0 Å². The van der Waals surface area contributed by atoms with Gasteiger partial charge in [0.25, 0.3) is 0 Å². The van der Waals surface area contributed by atoms with E-state index in [4.69, 9.17) is 0 Å². The molecule has 1 N–H and O–H groups in total. The monoisotopic (exact) mass is 165 g/mol. The van der Waals surface area contributed by atoms with Crippen molar-refractivity contribution in [3.05, 3.63) is 23.9 Å². The molecule has 0 heterocycles. The number of rotatable bonds is 2. The van der Waals surface area contributed by atoms with Gasteiger partial charge < -0.3 is 5.32 Å². The summed E-state index contributed by atoms with van der Waals surface area (Å²) in [7, 11) is 1.98. The summed E-state index contributed by atoms with van der Waals surface area (Å²) < 4.78 is 0. The van der Waals surface area contributed by atoms with E-state index in [-0.39, 0.29) is 0 Å². The minimum atomic E-state index is 0.757. The molecule has 1 atom stereocenters. The lowest BCUT2D eigenvalue weighted by molar-refractivity contribution is 0.441. The van der Waals surface area contributed by atoms with Gasteiger partial charge in [-0.15, -0.1) is 0 Å². The predicted molar refractivity (Wildman–Crippen MR) is 53.8 cm³/mol. The average molecular weight is 165 g/mol. The van der Waals surface area contributed by atoms with E-state index in [1.807, 2.05) is 7.05 Å². The van der Waals surface area contributed by atoms with Crippen molar-refractivity contribution in [3.63, 3.8) is 0 Å². The second-order valence-corrected chi connectivity index (χ2v) is 3.75. The van der Waals surface area contributed by atoms with E-state index >= 15 is 0 Å². The van der Waals surface area contributed by atoms with Crippen molar-refractivity contribution in [3.8, 4) is 0 Å². The molecule has 1 heteroatoms. The van der Waals surface area contributed by atoms with E-state index in [1.54, 1.807) is 0 Å². The van der Waals surface area contributed by atoms with Gasteiger partial charge in [-0.2, -0.15) is 0 Å². The van der Waals surface area contributed by atoms with Gasteiger partial charge in [0.05, 0.1) is 0 Å². The third kappa shape index (κ3) is 2.40. The summed E-state index contributed by atoms with van der Waals surface area (Å²) in [6.07, 6.45) is 9.31. The quantitative estimate of drug-likeness (QED) is 0.663. The molecule has 0 aromatic rings. The zero-order valence-corrected chi connectivity index (χ0v) is 8.30. The van der Waals surface area contributed by atoms with Crippen molar-refractivity contribution in [1.82, 2.24) is 5.32 Å². The summed E-state index contributed by atoms with van der Waals surface area (Å²) in [4.78, 5) is 0. The topological polar surface area (TPSA) is 12.0 Å². The summed E-state index contributed by atoms with van der Waals surface area (Å²) >= 11 is 0. The minimum absolute atomic E-state index is 0.757. The van der Waals surface area contributed by atoms with Gasteiger partial charge in [-0.05, 0) is 30.8 Å². The van der Waals surface area contributed by atoms with E-state index in [0.717, 1.165) is 11.8 Å². The van der Waals surface area contributed by atoms with E-state index in [2.05, 4.69) is 37.4 Å². The standard InChI is InChI=1S/C11H19N/c1-9(2)10-5-4-6-11(12-3)8-7-10/h6-10,12H,4-5H2,1-3H3/t10-/m0/s1. The largest absolute Gasteiger partial charge is 0.388 e. The Hall–Kier alpha value is -0.720. The van der Waals surface area contributed by atoms with Crippen LogP contribution in [0, 0.1) is 11.8 Å². The molecule has 0 spiro atoms. The summed E-state index contributed by atoms with van der Waals surface area (Å²) in [6, 6.07) is 0. The predicted octanol–water partition coefficient (Wildman–Crippen LogP) is 2.71. The summed E-state index contributed by atoms with van der Waals surface area (Å²) in [5.41, 5.74) is 1.26. The van der Waals surface area contributed by atoms with Crippen LogP contribution >= 0.6 is 0 Å². The highest BCUT2D eigenvalue weighted by molar-refractivity contribution is 5.19. The van der Waals surface area contributed by atoms with Crippen molar-refractivity contribution >= 4 is 0 Å². The molecule has 0 aromatic carbocycles. The van der Waals surface area contributed by atoms with Gasteiger partial charge in [-0.1, -0.05) is 26.0 Å². The maximum Gasteiger partial charge on any atom is 0.0293 e. The fourth-order valence-electron chi connectivity index (χ4n) is 1.56. The summed E-state index contributed by atoms with van der Waals surface area (Å²) in [5, 5.41) is 3.18. The second-order valence-electron chi connectivity index (χ2n) is 3.75. The molecular weight excluding hydrogens is 146 g/mol. The van der Waals surface area contributed by atoms with E-state index in [9.17, 15) is 0 Å². The molecule has 0 radical (unpaired) electrons. The number of likely N-dealkylation sites (N-methyl/N-ethyl adjacent to an activating group) is 1. The Kier molecular flexibility index (Phi) is 3.39. The van der Waals surface area contributed by atoms with E-state index < -0.39 is 0 Å². The number of allylic oxidation sites excluding steroid dienone is 3. The fourth-order valence-corrected chi connectivity index (χ4v) is 1.56. The average Bonchev–Trinajstić information content (AvgIpc) is 2.28. The van der Waals surface area contributed by atoms with E-state index in [1.165, 1.54) is 18.5 Å². The van der Waals surface area contributed by atoms with Crippen LogP contribution in [-0.4, -0.2) is 7.05 Å². The maximum absolute atomic E-state index is 3.18. The lowest BCUT2D eigenvalue weighted by Crippen LogP contribution is -2.04. The lowest BCUT2D eigenvalue weighted by Gasteiger charge is -2.13. The van der Waals surface area contributed by atoms with Gasteiger partial charge in [0.2, 0.25) is 0 Å². The molecule has 0 aliphatic heterocycles. The number of hydrogen-bond donors (Lipinski definition) is 1. The second kappa shape index (κ2) is 4.34. The zero-order valence-electron chi connectivity index (χ0n) is 8.30.